The maximum Gasteiger partial charge on any atom is 0.310 e. The molecule has 4 fully saturated rings. The number of aliphatic carboxylic acids is 1. The summed E-state index contributed by atoms with van der Waals surface area (Å²) in [6, 6.07) is 0. The average molecular weight is 441 g/mol. The van der Waals surface area contributed by atoms with Crippen LogP contribution in [0.3, 0.4) is 0 Å². The van der Waals surface area contributed by atoms with Crippen LogP contribution in [-0.2, 0) is 4.79 Å². The van der Waals surface area contributed by atoms with Gasteiger partial charge >= 0.3 is 5.97 Å². The van der Waals surface area contributed by atoms with E-state index in [0.717, 1.165) is 51.4 Å². The monoisotopic (exact) mass is 440 g/mol. The quantitative estimate of drug-likeness (QED) is 0.443. The second-order valence-electron chi connectivity index (χ2n) is 13.6. The summed E-state index contributed by atoms with van der Waals surface area (Å²) >= 11 is 0. The van der Waals surface area contributed by atoms with Crippen LogP contribution in [0.1, 0.15) is 98.8 Å². The molecular weight excluding hydrogens is 396 g/mol. The first kappa shape index (κ1) is 22.7. The highest BCUT2D eigenvalue weighted by Gasteiger charge is 2.68. The Bertz CT molecular complexity index is 885. The lowest BCUT2D eigenvalue weighted by molar-refractivity contribution is -0.203. The van der Waals surface area contributed by atoms with Crippen molar-refractivity contribution in [2.45, 2.75) is 105 Å². The molecule has 5 aliphatic carbocycles. The molecule has 0 bridgehead atoms. The van der Waals surface area contributed by atoms with Crippen molar-refractivity contribution in [3.05, 3.63) is 23.8 Å². The van der Waals surface area contributed by atoms with Gasteiger partial charge in [-0.1, -0.05) is 58.4 Å². The Morgan fingerprint density at radius 3 is 2.41 bits per heavy atom. The van der Waals surface area contributed by atoms with Crippen LogP contribution in [0.4, 0.5) is 0 Å². The fourth-order valence-corrected chi connectivity index (χ4v) is 10.2. The van der Waals surface area contributed by atoms with Crippen molar-refractivity contribution in [3.63, 3.8) is 0 Å². The Morgan fingerprint density at radius 2 is 1.72 bits per heavy atom. The molecule has 0 aromatic heterocycles. The maximum absolute atomic E-state index is 12.6. The molecule has 8 unspecified atom stereocenters. The van der Waals surface area contributed by atoms with Gasteiger partial charge in [0.15, 0.2) is 0 Å². The summed E-state index contributed by atoms with van der Waals surface area (Å²) < 4.78 is 0. The zero-order valence-corrected chi connectivity index (χ0v) is 21.0. The van der Waals surface area contributed by atoms with Crippen molar-refractivity contribution in [3.8, 4) is 0 Å². The zero-order chi connectivity index (χ0) is 23.3. The second-order valence-corrected chi connectivity index (χ2v) is 13.6. The molecule has 178 valence electrons. The standard InChI is InChI=1S/C29H44O3/c1-18-9-14-29(24(31)32)16-15-27(5)19(20(29)17-18)7-8-22-26(4)12-11-23(30)25(2,3)21(26)10-13-28(22,27)6/h7,20-23,30H,1,8-17H2,2-6H3,(H,31,32). The fraction of sp³-hybridized carbons (Fsp3) is 0.828. The smallest absolute Gasteiger partial charge is 0.310 e. The number of hydrogen-bond acceptors (Lipinski definition) is 2. The second kappa shape index (κ2) is 6.74. The van der Waals surface area contributed by atoms with Crippen LogP contribution < -0.4 is 0 Å². The van der Waals surface area contributed by atoms with E-state index < -0.39 is 11.4 Å². The topological polar surface area (TPSA) is 57.5 Å². The van der Waals surface area contributed by atoms with E-state index in [1.54, 1.807) is 0 Å². The Hall–Kier alpha value is -1.09. The van der Waals surface area contributed by atoms with Crippen molar-refractivity contribution in [1.29, 1.82) is 0 Å². The molecule has 2 N–H and O–H groups in total. The molecule has 0 aromatic carbocycles. The summed E-state index contributed by atoms with van der Waals surface area (Å²) in [6.45, 7) is 16.5. The Morgan fingerprint density at radius 1 is 1.00 bits per heavy atom. The number of aliphatic hydroxyl groups excluding tert-OH is 1. The van der Waals surface area contributed by atoms with Gasteiger partial charge in [-0.25, -0.2) is 0 Å². The molecule has 3 heteroatoms. The summed E-state index contributed by atoms with van der Waals surface area (Å²) in [5.74, 6) is 0.682. The predicted molar refractivity (Wildman–Crippen MR) is 128 cm³/mol. The van der Waals surface area contributed by atoms with E-state index in [1.165, 1.54) is 24.0 Å². The minimum atomic E-state index is -0.590. The number of carboxylic acids is 1. The van der Waals surface area contributed by atoms with E-state index in [9.17, 15) is 15.0 Å². The van der Waals surface area contributed by atoms with Crippen molar-refractivity contribution in [1.82, 2.24) is 0 Å². The Kier molecular flexibility index (Phi) is 4.78. The van der Waals surface area contributed by atoms with E-state index in [2.05, 4.69) is 47.3 Å². The predicted octanol–water partition coefficient (Wildman–Crippen LogP) is 6.76. The third kappa shape index (κ3) is 2.55. The van der Waals surface area contributed by atoms with E-state index in [0.29, 0.717) is 11.8 Å². The molecule has 0 aliphatic heterocycles. The normalized spacial score (nSPS) is 52.1. The van der Waals surface area contributed by atoms with Crippen LogP contribution in [-0.4, -0.2) is 22.3 Å². The van der Waals surface area contributed by atoms with Crippen LogP contribution in [0, 0.1) is 44.8 Å². The molecule has 32 heavy (non-hydrogen) atoms. The van der Waals surface area contributed by atoms with E-state index >= 15 is 0 Å². The van der Waals surface area contributed by atoms with Crippen molar-refractivity contribution < 1.29 is 15.0 Å². The van der Waals surface area contributed by atoms with Gasteiger partial charge in [0.05, 0.1) is 11.5 Å². The van der Waals surface area contributed by atoms with Gasteiger partial charge in [0.1, 0.15) is 0 Å². The molecule has 0 amide bonds. The van der Waals surface area contributed by atoms with Crippen molar-refractivity contribution in [2.75, 3.05) is 0 Å². The Labute approximate surface area is 194 Å². The highest BCUT2D eigenvalue weighted by atomic mass is 16.4. The summed E-state index contributed by atoms with van der Waals surface area (Å²) in [5, 5.41) is 21.2. The lowest BCUT2D eigenvalue weighted by Gasteiger charge is -2.70. The van der Waals surface area contributed by atoms with E-state index in [1.807, 2.05) is 0 Å². The van der Waals surface area contributed by atoms with Gasteiger partial charge in [0.25, 0.3) is 0 Å². The summed E-state index contributed by atoms with van der Waals surface area (Å²) in [6.07, 6.45) is 12.0. The van der Waals surface area contributed by atoms with Gasteiger partial charge in [-0.05, 0) is 97.7 Å². The van der Waals surface area contributed by atoms with Gasteiger partial charge in [0.2, 0.25) is 0 Å². The van der Waals surface area contributed by atoms with Gasteiger partial charge in [-0.15, -0.1) is 0 Å². The first-order valence-electron chi connectivity index (χ1n) is 13.1. The van der Waals surface area contributed by atoms with Gasteiger partial charge in [-0.2, -0.15) is 0 Å². The third-order valence-corrected chi connectivity index (χ3v) is 12.5. The highest BCUT2D eigenvalue weighted by molar-refractivity contribution is 5.77. The first-order valence-corrected chi connectivity index (χ1v) is 13.1. The average Bonchev–Trinajstić information content (AvgIpc) is 2.71. The number of rotatable bonds is 1. The van der Waals surface area contributed by atoms with Crippen LogP contribution in [0.15, 0.2) is 23.8 Å². The lowest BCUT2D eigenvalue weighted by atomic mass is 9.34. The van der Waals surface area contributed by atoms with Crippen LogP contribution >= 0.6 is 0 Å². The third-order valence-electron chi connectivity index (χ3n) is 12.5. The summed E-state index contributed by atoms with van der Waals surface area (Å²) in [7, 11) is 0. The van der Waals surface area contributed by atoms with E-state index in [-0.39, 0.29) is 33.7 Å². The van der Waals surface area contributed by atoms with Crippen molar-refractivity contribution in [2.24, 2.45) is 44.8 Å². The molecule has 0 saturated heterocycles. The summed E-state index contributed by atoms with van der Waals surface area (Å²) in [5.41, 5.74) is 2.55. The molecule has 5 rings (SSSR count). The number of aliphatic hydroxyl groups is 1. The van der Waals surface area contributed by atoms with Crippen molar-refractivity contribution >= 4 is 5.97 Å². The lowest BCUT2D eigenvalue weighted by Crippen LogP contribution is -2.64. The van der Waals surface area contributed by atoms with Gasteiger partial charge < -0.3 is 10.2 Å². The number of carboxylic acid groups (broad SMARTS) is 1. The number of fused-ring (bicyclic) bond motifs is 7. The number of hydrogen-bond donors (Lipinski definition) is 2. The molecule has 5 aliphatic rings. The van der Waals surface area contributed by atoms with Crippen LogP contribution in [0.2, 0.25) is 0 Å². The zero-order valence-electron chi connectivity index (χ0n) is 21.0. The Balaban J connectivity index is 1.60. The SMILES string of the molecule is C=C1CCC2(C(=O)O)CCC3(C)C(=CCC4C5(C)CCC(O)C(C)(C)C5CCC43C)C2C1. The molecule has 0 radical (unpaired) electrons. The number of allylic oxidation sites excluding steroid dienone is 3. The largest absolute Gasteiger partial charge is 0.481 e. The first-order chi connectivity index (χ1) is 14.8. The molecular formula is C29H44O3. The van der Waals surface area contributed by atoms with Gasteiger partial charge in [-0.3, -0.25) is 4.79 Å². The molecule has 3 nitrogen and oxygen atoms in total. The summed E-state index contributed by atoms with van der Waals surface area (Å²) in [4.78, 5) is 12.6. The van der Waals surface area contributed by atoms with Crippen LogP contribution in [0.25, 0.3) is 0 Å². The molecule has 0 spiro atoms. The minimum Gasteiger partial charge on any atom is -0.481 e. The van der Waals surface area contributed by atoms with Gasteiger partial charge in [0, 0.05) is 5.92 Å². The molecule has 8 atom stereocenters. The highest BCUT2D eigenvalue weighted by Crippen LogP contribution is 2.75. The number of carbonyl (C=O) groups is 1. The fourth-order valence-electron chi connectivity index (χ4n) is 10.2. The molecule has 0 heterocycles. The molecule has 4 saturated carbocycles. The molecule has 0 aromatic rings. The van der Waals surface area contributed by atoms with E-state index in [4.69, 9.17) is 0 Å². The van der Waals surface area contributed by atoms with Crippen LogP contribution in [0.5, 0.6) is 0 Å². The minimum absolute atomic E-state index is 0.0363. The maximum atomic E-state index is 12.6.